The number of carbonyl (C=O) groups excluding carboxylic acids is 1. The normalized spacial score (nSPS) is 12.3. The first-order valence-corrected chi connectivity index (χ1v) is 6.96. The number of benzene rings is 1. The molecule has 0 bridgehead atoms. The number of nitrogens with two attached hydrogens (primary N) is 1. The average Bonchev–Trinajstić information content (AvgIpc) is 2.28. The molecule has 4 heteroatoms. The van der Waals surface area contributed by atoms with Crippen molar-refractivity contribution in [3.63, 3.8) is 0 Å². The van der Waals surface area contributed by atoms with Gasteiger partial charge in [0.05, 0.1) is 10.9 Å². The van der Waals surface area contributed by atoms with E-state index in [2.05, 4.69) is 0 Å². The van der Waals surface area contributed by atoms with Gasteiger partial charge in [-0.15, -0.1) is 0 Å². The fourth-order valence-electron chi connectivity index (χ4n) is 2.16. The number of anilines is 1. The molecular formula is C15H22N2OS. The third-order valence-corrected chi connectivity index (χ3v) is 3.39. The molecule has 1 rings (SSSR count). The Bertz CT molecular complexity index is 471. The first-order chi connectivity index (χ1) is 8.88. The van der Waals surface area contributed by atoms with E-state index in [-0.39, 0.29) is 16.8 Å². The summed E-state index contributed by atoms with van der Waals surface area (Å²) in [5.74, 6) is -0.324. The largest absolute Gasteiger partial charge is 0.393 e. The standard InChI is InChI=1S/C15H22N2OS/c1-5-17(12-8-6-7-11(4)9-12)15(18)13(10(2)3)14(16)19/h6-10,13H,5H2,1-4H3,(H2,16,19). The molecule has 1 aromatic rings. The van der Waals surface area contributed by atoms with Gasteiger partial charge in [0.15, 0.2) is 0 Å². The molecule has 1 amide bonds. The van der Waals surface area contributed by atoms with Crippen molar-refractivity contribution >= 4 is 28.8 Å². The topological polar surface area (TPSA) is 46.3 Å². The second-order valence-electron chi connectivity index (χ2n) is 5.05. The quantitative estimate of drug-likeness (QED) is 0.842. The van der Waals surface area contributed by atoms with E-state index in [9.17, 15) is 4.79 Å². The highest BCUT2D eigenvalue weighted by Crippen LogP contribution is 2.21. The molecule has 3 nitrogen and oxygen atoms in total. The molecule has 0 saturated carbocycles. The van der Waals surface area contributed by atoms with Gasteiger partial charge in [-0.25, -0.2) is 0 Å². The fourth-order valence-corrected chi connectivity index (χ4v) is 2.54. The monoisotopic (exact) mass is 278 g/mol. The van der Waals surface area contributed by atoms with Crippen LogP contribution in [0.4, 0.5) is 5.69 Å². The van der Waals surface area contributed by atoms with Crippen molar-refractivity contribution < 1.29 is 4.79 Å². The maximum absolute atomic E-state index is 12.6. The molecule has 0 aliphatic rings. The van der Waals surface area contributed by atoms with Gasteiger partial charge in [-0.3, -0.25) is 4.79 Å². The number of aryl methyl sites for hydroxylation is 1. The molecule has 2 N–H and O–H groups in total. The lowest BCUT2D eigenvalue weighted by Gasteiger charge is -2.28. The van der Waals surface area contributed by atoms with Crippen LogP contribution in [0.1, 0.15) is 26.3 Å². The lowest BCUT2D eigenvalue weighted by atomic mass is 9.94. The summed E-state index contributed by atoms with van der Waals surface area (Å²) in [5, 5.41) is 0. The highest BCUT2D eigenvalue weighted by Gasteiger charge is 2.29. The minimum Gasteiger partial charge on any atom is -0.393 e. The van der Waals surface area contributed by atoms with Crippen LogP contribution in [0.3, 0.4) is 0 Å². The van der Waals surface area contributed by atoms with Crippen LogP contribution >= 0.6 is 12.2 Å². The summed E-state index contributed by atoms with van der Waals surface area (Å²) in [5.41, 5.74) is 7.75. The Labute approximate surface area is 120 Å². The smallest absolute Gasteiger partial charge is 0.237 e. The predicted molar refractivity (Wildman–Crippen MR) is 84.3 cm³/mol. The summed E-state index contributed by atoms with van der Waals surface area (Å²) in [4.78, 5) is 14.6. The Hall–Kier alpha value is -1.42. The summed E-state index contributed by atoms with van der Waals surface area (Å²) in [7, 11) is 0. The molecule has 1 unspecified atom stereocenters. The summed E-state index contributed by atoms with van der Waals surface area (Å²) in [6.45, 7) is 8.50. The van der Waals surface area contributed by atoms with Crippen molar-refractivity contribution in [1.82, 2.24) is 0 Å². The lowest BCUT2D eigenvalue weighted by Crippen LogP contribution is -2.43. The van der Waals surface area contributed by atoms with E-state index >= 15 is 0 Å². The van der Waals surface area contributed by atoms with Crippen molar-refractivity contribution in [3.05, 3.63) is 29.8 Å². The van der Waals surface area contributed by atoms with Crippen LogP contribution < -0.4 is 10.6 Å². The van der Waals surface area contributed by atoms with Crippen molar-refractivity contribution in [2.45, 2.75) is 27.7 Å². The third-order valence-electron chi connectivity index (χ3n) is 3.13. The summed E-state index contributed by atoms with van der Waals surface area (Å²) >= 11 is 5.04. The van der Waals surface area contributed by atoms with Crippen molar-refractivity contribution in [2.24, 2.45) is 17.6 Å². The SMILES string of the molecule is CCN(C(=O)C(C(N)=S)C(C)C)c1cccc(C)c1. The molecule has 0 aliphatic heterocycles. The van der Waals surface area contributed by atoms with Gasteiger partial charge < -0.3 is 10.6 Å². The molecule has 0 aromatic heterocycles. The molecule has 0 heterocycles. The lowest BCUT2D eigenvalue weighted by molar-refractivity contribution is -0.121. The molecule has 1 aromatic carbocycles. The first kappa shape index (κ1) is 15.6. The minimum atomic E-state index is -0.407. The van der Waals surface area contributed by atoms with E-state index in [0.717, 1.165) is 11.3 Å². The van der Waals surface area contributed by atoms with Gasteiger partial charge in [0.25, 0.3) is 0 Å². The summed E-state index contributed by atoms with van der Waals surface area (Å²) in [6, 6.07) is 7.89. The van der Waals surface area contributed by atoms with Crippen molar-refractivity contribution in [3.8, 4) is 0 Å². The molecule has 0 aliphatic carbocycles. The second-order valence-corrected chi connectivity index (χ2v) is 5.52. The number of thiocarbonyl (C=S) groups is 1. The van der Waals surface area contributed by atoms with Crippen LogP contribution in [0.25, 0.3) is 0 Å². The highest BCUT2D eigenvalue weighted by atomic mass is 32.1. The number of hydrogen-bond acceptors (Lipinski definition) is 2. The Balaban J connectivity index is 3.09. The molecule has 0 saturated heterocycles. The first-order valence-electron chi connectivity index (χ1n) is 6.55. The number of nitrogens with zero attached hydrogens (tertiary/aromatic N) is 1. The Kier molecular flexibility index (Phi) is 5.48. The zero-order valence-corrected chi connectivity index (χ0v) is 12.8. The minimum absolute atomic E-state index is 0.0180. The van der Waals surface area contributed by atoms with E-state index in [1.807, 2.05) is 52.0 Å². The van der Waals surface area contributed by atoms with Crippen molar-refractivity contribution in [2.75, 3.05) is 11.4 Å². The molecule has 0 spiro atoms. The van der Waals surface area contributed by atoms with Gasteiger partial charge >= 0.3 is 0 Å². The van der Waals surface area contributed by atoms with E-state index < -0.39 is 5.92 Å². The van der Waals surface area contributed by atoms with E-state index in [1.54, 1.807) is 4.90 Å². The highest BCUT2D eigenvalue weighted by molar-refractivity contribution is 7.80. The molecule has 19 heavy (non-hydrogen) atoms. The van der Waals surface area contributed by atoms with Crippen LogP contribution in [-0.2, 0) is 4.79 Å². The Morgan fingerprint density at radius 3 is 2.47 bits per heavy atom. The molecule has 0 fully saturated rings. The maximum atomic E-state index is 12.6. The number of carbonyl (C=O) groups is 1. The van der Waals surface area contributed by atoms with Gasteiger partial charge in [-0.1, -0.05) is 38.2 Å². The average molecular weight is 278 g/mol. The Morgan fingerprint density at radius 2 is 2.05 bits per heavy atom. The third kappa shape index (κ3) is 3.77. The molecule has 0 radical (unpaired) electrons. The van der Waals surface area contributed by atoms with Gasteiger partial charge in [0.1, 0.15) is 0 Å². The fraction of sp³-hybridized carbons (Fsp3) is 0.467. The summed E-state index contributed by atoms with van der Waals surface area (Å²) in [6.07, 6.45) is 0. The zero-order chi connectivity index (χ0) is 14.6. The molecule has 1 atom stereocenters. The molecule has 104 valence electrons. The van der Waals surface area contributed by atoms with Gasteiger partial charge in [0.2, 0.25) is 5.91 Å². The van der Waals surface area contributed by atoms with Gasteiger partial charge in [-0.2, -0.15) is 0 Å². The van der Waals surface area contributed by atoms with Gasteiger partial charge in [-0.05, 0) is 37.5 Å². The maximum Gasteiger partial charge on any atom is 0.237 e. The van der Waals surface area contributed by atoms with Crippen LogP contribution in [-0.4, -0.2) is 17.4 Å². The van der Waals surface area contributed by atoms with E-state index in [4.69, 9.17) is 18.0 Å². The summed E-state index contributed by atoms with van der Waals surface area (Å²) < 4.78 is 0. The van der Waals surface area contributed by atoms with Crippen LogP contribution in [0.5, 0.6) is 0 Å². The number of hydrogen-bond donors (Lipinski definition) is 1. The predicted octanol–water partition coefficient (Wildman–Crippen LogP) is 2.91. The van der Waals surface area contributed by atoms with Gasteiger partial charge in [0, 0.05) is 12.2 Å². The number of rotatable bonds is 5. The van der Waals surface area contributed by atoms with E-state index in [0.29, 0.717) is 6.54 Å². The van der Waals surface area contributed by atoms with Crippen molar-refractivity contribution in [1.29, 1.82) is 0 Å². The van der Waals surface area contributed by atoms with Crippen LogP contribution in [0, 0.1) is 18.8 Å². The van der Waals surface area contributed by atoms with E-state index in [1.165, 1.54) is 0 Å². The Morgan fingerprint density at radius 1 is 1.42 bits per heavy atom. The zero-order valence-electron chi connectivity index (χ0n) is 12.0. The molecular weight excluding hydrogens is 256 g/mol. The second kappa shape index (κ2) is 6.66. The van der Waals surface area contributed by atoms with Crippen LogP contribution in [0.2, 0.25) is 0 Å². The number of amides is 1. The van der Waals surface area contributed by atoms with Crippen LogP contribution in [0.15, 0.2) is 24.3 Å².